The number of carbonyl (C=O) groups is 1. The van der Waals surface area contributed by atoms with Gasteiger partial charge >= 0.3 is 5.97 Å². The molecule has 0 bridgehead atoms. The molecule has 1 rings (SSSR count). The van der Waals surface area contributed by atoms with Crippen molar-refractivity contribution in [1.29, 1.82) is 0 Å². The highest BCUT2D eigenvalue weighted by atomic mass is 35.5. The third-order valence-corrected chi connectivity index (χ3v) is 3.28. The lowest BCUT2D eigenvalue weighted by atomic mass is 9.96. The van der Waals surface area contributed by atoms with E-state index in [1.807, 2.05) is 6.92 Å². The Labute approximate surface area is 89.7 Å². The lowest BCUT2D eigenvalue weighted by Crippen LogP contribution is -2.28. The number of hydrogen-bond donors (Lipinski definition) is 0. The van der Waals surface area contributed by atoms with E-state index in [4.69, 9.17) is 16.3 Å². The van der Waals surface area contributed by atoms with Crippen LogP contribution in [0.3, 0.4) is 0 Å². The molecule has 0 N–H and O–H groups in total. The Bertz CT molecular complexity index is 242. The van der Waals surface area contributed by atoms with Crippen molar-refractivity contribution >= 4 is 17.6 Å². The van der Waals surface area contributed by atoms with Crippen LogP contribution < -0.4 is 0 Å². The second kappa shape index (κ2) is 3.70. The molecule has 0 spiro atoms. The number of methoxy groups -OCH3 is 1. The molecule has 1 aliphatic heterocycles. The Morgan fingerprint density at radius 2 is 2.14 bits per heavy atom. The first kappa shape index (κ1) is 11.8. The second-order valence-corrected chi connectivity index (χ2v) is 4.88. The Balaban J connectivity index is 2.52. The summed E-state index contributed by atoms with van der Waals surface area (Å²) in [6, 6.07) is 0. The molecular weight excluding hydrogens is 204 g/mol. The number of esters is 1. The van der Waals surface area contributed by atoms with Crippen LogP contribution in [-0.2, 0) is 14.3 Å². The van der Waals surface area contributed by atoms with Crippen molar-refractivity contribution in [2.45, 2.75) is 44.3 Å². The van der Waals surface area contributed by atoms with E-state index >= 15 is 0 Å². The van der Waals surface area contributed by atoms with Crippen LogP contribution in [0.4, 0.5) is 0 Å². The zero-order valence-corrected chi connectivity index (χ0v) is 9.85. The minimum Gasteiger partial charge on any atom is -0.466 e. The van der Waals surface area contributed by atoms with Gasteiger partial charge in [0.1, 0.15) is 5.60 Å². The maximum Gasteiger partial charge on any atom is 0.357 e. The maximum atomic E-state index is 11.3. The normalized spacial score (nSPS) is 35.9. The van der Waals surface area contributed by atoms with Gasteiger partial charge in [-0.15, -0.1) is 0 Å². The van der Waals surface area contributed by atoms with E-state index < -0.39 is 16.6 Å². The summed E-state index contributed by atoms with van der Waals surface area (Å²) in [6.45, 7) is 6.10. The van der Waals surface area contributed by atoms with Crippen LogP contribution >= 0.6 is 11.6 Å². The fourth-order valence-electron chi connectivity index (χ4n) is 1.45. The number of carbonyl (C=O) groups excluding carboxylic acids is 1. The molecule has 2 unspecified atom stereocenters. The van der Waals surface area contributed by atoms with Crippen molar-refractivity contribution in [3.8, 4) is 0 Å². The fourth-order valence-corrected chi connectivity index (χ4v) is 1.79. The molecule has 82 valence electrons. The van der Waals surface area contributed by atoms with Crippen LogP contribution in [0.2, 0.25) is 0 Å². The summed E-state index contributed by atoms with van der Waals surface area (Å²) in [7, 11) is 1.32. The molecule has 4 heteroatoms. The molecule has 1 aliphatic rings. The smallest absolute Gasteiger partial charge is 0.357 e. The summed E-state index contributed by atoms with van der Waals surface area (Å²) in [5, 5.41) is -1.24. The standard InChI is InChI=1S/C10H17ClO3/c1-7(2)5-6-9(3)10(11,14-9)8(12)13-4/h7H,5-6H2,1-4H3. The van der Waals surface area contributed by atoms with Gasteiger partial charge in [-0.3, -0.25) is 0 Å². The molecule has 1 fully saturated rings. The molecule has 1 saturated heterocycles. The van der Waals surface area contributed by atoms with Gasteiger partial charge in [-0.25, -0.2) is 4.79 Å². The first-order chi connectivity index (χ1) is 6.35. The van der Waals surface area contributed by atoms with Crippen molar-refractivity contribution in [2.75, 3.05) is 7.11 Å². The van der Waals surface area contributed by atoms with Crippen molar-refractivity contribution < 1.29 is 14.3 Å². The summed E-state index contributed by atoms with van der Waals surface area (Å²) in [6.07, 6.45) is 1.77. The van der Waals surface area contributed by atoms with Crippen LogP contribution in [0.15, 0.2) is 0 Å². The Morgan fingerprint density at radius 3 is 2.57 bits per heavy atom. The predicted molar refractivity (Wildman–Crippen MR) is 54.2 cm³/mol. The van der Waals surface area contributed by atoms with Gasteiger partial charge in [-0.2, -0.15) is 0 Å². The Kier molecular flexibility index (Phi) is 3.12. The minimum absolute atomic E-state index is 0.495. The Morgan fingerprint density at radius 1 is 1.57 bits per heavy atom. The number of epoxide rings is 1. The third kappa shape index (κ3) is 1.89. The number of hydrogen-bond acceptors (Lipinski definition) is 3. The van der Waals surface area contributed by atoms with E-state index in [-0.39, 0.29) is 0 Å². The van der Waals surface area contributed by atoms with Crippen LogP contribution in [0.5, 0.6) is 0 Å². The van der Waals surface area contributed by atoms with Crippen molar-refractivity contribution in [3.05, 3.63) is 0 Å². The number of ether oxygens (including phenoxy) is 2. The van der Waals surface area contributed by atoms with Gasteiger partial charge in [0.25, 0.3) is 5.06 Å². The van der Waals surface area contributed by atoms with Gasteiger partial charge in [0.05, 0.1) is 7.11 Å². The van der Waals surface area contributed by atoms with Crippen LogP contribution in [0.1, 0.15) is 33.6 Å². The topological polar surface area (TPSA) is 38.8 Å². The molecule has 0 aromatic heterocycles. The van der Waals surface area contributed by atoms with Crippen LogP contribution in [0.25, 0.3) is 0 Å². The SMILES string of the molecule is COC(=O)C1(Cl)OC1(C)CCC(C)C. The zero-order chi connectivity index (χ0) is 11.0. The lowest BCUT2D eigenvalue weighted by Gasteiger charge is -2.10. The van der Waals surface area contributed by atoms with Crippen molar-refractivity contribution in [1.82, 2.24) is 0 Å². The highest BCUT2D eigenvalue weighted by molar-refractivity contribution is 6.35. The van der Waals surface area contributed by atoms with Gasteiger partial charge < -0.3 is 9.47 Å². The third-order valence-electron chi connectivity index (χ3n) is 2.65. The quantitative estimate of drug-likeness (QED) is 0.415. The predicted octanol–water partition coefficient (Wildman–Crippen LogP) is 2.32. The molecule has 3 nitrogen and oxygen atoms in total. The van der Waals surface area contributed by atoms with Crippen LogP contribution in [0, 0.1) is 5.92 Å². The summed E-state index contributed by atoms with van der Waals surface area (Å²) in [5.74, 6) is 0.0833. The van der Waals surface area contributed by atoms with Gasteiger partial charge in [-0.05, 0) is 25.7 Å². The summed E-state index contributed by atoms with van der Waals surface area (Å²) in [5.41, 5.74) is -0.550. The average molecular weight is 221 g/mol. The molecule has 2 atom stereocenters. The summed E-state index contributed by atoms with van der Waals surface area (Å²) >= 11 is 5.99. The lowest BCUT2D eigenvalue weighted by molar-refractivity contribution is -0.143. The second-order valence-electron chi connectivity index (χ2n) is 4.35. The van der Waals surface area contributed by atoms with E-state index in [0.29, 0.717) is 5.92 Å². The zero-order valence-electron chi connectivity index (χ0n) is 9.09. The van der Waals surface area contributed by atoms with Crippen molar-refractivity contribution in [3.63, 3.8) is 0 Å². The van der Waals surface area contributed by atoms with Gasteiger partial charge in [0.2, 0.25) is 0 Å². The first-order valence-electron chi connectivity index (χ1n) is 4.83. The molecule has 1 heterocycles. The summed E-state index contributed by atoms with van der Waals surface area (Å²) in [4.78, 5) is 11.3. The average Bonchev–Trinajstić information content (AvgIpc) is 2.67. The van der Waals surface area contributed by atoms with Gasteiger partial charge in [0, 0.05) is 0 Å². The molecule has 0 aliphatic carbocycles. The van der Waals surface area contributed by atoms with E-state index in [2.05, 4.69) is 18.6 Å². The van der Waals surface area contributed by atoms with E-state index in [1.165, 1.54) is 7.11 Å². The Hall–Kier alpha value is -0.280. The molecule has 0 aromatic carbocycles. The molecule has 0 radical (unpaired) electrons. The number of rotatable bonds is 4. The van der Waals surface area contributed by atoms with E-state index in [1.54, 1.807) is 0 Å². The first-order valence-corrected chi connectivity index (χ1v) is 5.21. The van der Waals surface area contributed by atoms with Crippen LogP contribution in [-0.4, -0.2) is 23.7 Å². The number of halogens is 1. The summed E-state index contributed by atoms with van der Waals surface area (Å²) < 4.78 is 9.87. The number of alkyl halides is 1. The highest BCUT2D eigenvalue weighted by Crippen LogP contribution is 2.55. The van der Waals surface area contributed by atoms with Gasteiger partial charge in [-0.1, -0.05) is 25.4 Å². The van der Waals surface area contributed by atoms with Gasteiger partial charge in [0.15, 0.2) is 0 Å². The fraction of sp³-hybridized carbons (Fsp3) is 0.900. The molecule has 14 heavy (non-hydrogen) atoms. The van der Waals surface area contributed by atoms with Crippen molar-refractivity contribution in [2.24, 2.45) is 5.92 Å². The molecule has 0 aromatic rings. The highest BCUT2D eigenvalue weighted by Gasteiger charge is 2.72. The minimum atomic E-state index is -1.24. The van der Waals surface area contributed by atoms with E-state index in [0.717, 1.165) is 12.8 Å². The van der Waals surface area contributed by atoms with E-state index in [9.17, 15) is 4.79 Å². The largest absolute Gasteiger partial charge is 0.466 e. The maximum absolute atomic E-state index is 11.3. The molecular formula is C10H17ClO3. The molecule has 0 saturated carbocycles. The monoisotopic (exact) mass is 220 g/mol. The molecule has 0 amide bonds.